The SMILES string of the molecule is COc1ccc(OC[C@@H](O)C[NH2+]C(C)(C)C)c(C(C)(C)C)c1. The standard InChI is InChI=1S/C18H31NO3/c1-17(2,3)15-10-14(21-7)8-9-16(15)22-12-13(20)11-19-18(4,5)6/h8-10,13,19-20H,11-12H2,1-7H3/p+1/t13-/m0/s1. The molecule has 0 amide bonds. The highest BCUT2D eigenvalue weighted by Gasteiger charge is 2.21. The van der Waals surface area contributed by atoms with Gasteiger partial charge in [-0.2, -0.15) is 0 Å². The maximum absolute atomic E-state index is 10.1. The van der Waals surface area contributed by atoms with E-state index in [4.69, 9.17) is 9.47 Å². The van der Waals surface area contributed by atoms with Crippen LogP contribution in [0.1, 0.15) is 47.1 Å². The molecule has 22 heavy (non-hydrogen) atoms. The minimum Gasteiger partial charge on any atom is -0.497 e. The molecule has 126 valence electrons. The van der Waals surface area contributed by atoms with Gasteiger partial charge in [0.25, 0.3) is 0 Å². The van der Waals surface area contributed by atoms with Crippen LogP contribution in [-0.2, 0) is 5.41 Å². The van der Waals surface area contributed by atoms with Gasteiger partial charge in [-0.3, -0.25) is 0 Å². The van der Waals surface area contributed by atoms with Crippen molar-refractivity contribution in [1.29, 1.82) is 0 Å². The molecule has 3 N–H and O–H groups in total. The zero-order chi connectivity index (χ0) is 17.0. The van der Waals surface area contributed by atoms with Crippen molar-refractivity contribution in [2.45, 2.75) is 58.6 Å². The first-order valence-corrected chi connectivity index (χ1v) is 7.86. The number of quaternary nitrogens is 1. The van der Waals surface area contributed by atoms with Crippen LogP contribution in [0.5, 0.6) is 11.5 Å². The van der Waals surface area contributed by atoms with Gasteiger partial charge in [0.1, 0.15) is 30.8 Å². The summed E-state index contributed by atoms with van der Waals surface area (Å²) in [5.41, 5.74) is 1.14. The molecule has 4 nitrogen and oxygen atoms in total. The third-order valence-electron chi connectivity index (χ3n) is 3.43. The summed E-state index contributed by atoms with van der Waals surface area (Å²) in [5.74, 6) is 1.63. The lowest BCUT2D eigenvalue weighted by atomic mass is 9.86. The molecule has 0 unspecified atom stereocenters. The van der Waals surface area contributed by atoms with Crippen molar-refractivity contribution in [2.75, 3.05) is 20.3 Å². The molecule has 1 aromatic carbocycles. The lowest BCUT2D eigenvalue weighted by Gasteiger charge is -2.24. The highest BCUT2D eigenvalue weighted by atomic mass is 16.5. The third kappa shape index (κ3) is 6.24. The van der Waals surface area contributed by atoms with Crippen LogP contribution in [0.4, 0.5) is 0 Å². The molecule has 0 saturated carbocycles. The van der Waals surface area contributed by atoms with Gasteiger partial charge >= 0.3 is 0 Å². The molecule has 0 radical (unpaired) electrons. The van der Waals surface area contributed by atoms with Crippen molar-refractivity contribution in [2.24, 2.45) is 0 Å². The lowest BCUT2D eigenvalue weighted by molar-refractivity contribution is -0.722. The summed E-state index contributed by atoms with van der Waals surface area (Å²) in [6.45, 7) is 13.7. The predicted octanol–water partition coefficient (Wildman–Crippen LogP) is 2.09. The van der Waals surface area contributed by atoms with E-state index in [2.05, 4.69) is 46.9 Å². The Morgan fingerprint density at radius 1 is 1.14 bits per heavy atom. The Bertz CT molecular complexity index is 472. The summed E-state index contributed by atoms with van der Waals surface area (Å²) in [6.07, 6.45) is -0.492. The van der Waals surface area contributed by atoms with Gasteiger partial charge < -0.3 is 19.9 Å². The highest BCUT2D eigenvalue weighted by molar-refractivity contribution is 5.44. The Morgan fingerprint density at radius 2 is 1.77 bits per heavy atom. The summed E-state index contributed by atoms with van der Waals surface area (Å²) in [5, 5.41) is 12.2. The fourth-order valence-corrected chi connectivity index (χ4v) is 2.09. The summed E-state index contributed by atoms with van der Waals surface area (Å²) in [6, 6.07) is 5.81. The minimum atomic E-state index is -0.492. The average molecular weight is 310 g/mol. The Hall–Kier alpha value is -1.26. The zero-order valence-corrected chi connectivity index (χ0v) is 15.1. The molecule has 1 atom stereocenters. The number of methoxy groups -OCH3 is 1. The number of rotatable bonds is 6. The second kappa shape index (κ2) is 7.34. The Kier molecular flexibility index (Phi) is 6.27. The lowest BCUT2D eigenvalue weighted by Crippen LogP contribution is -2.96. The smallest absolute Gasteiger partial charge is 0.137 e. The van der Waals surface area contributed by atoms with E-state index in [0.717, 1.165) is 17.1 Å². The number of aliphatic hydroxyl groups excluding tert-OH is 1. The van der Waals surface area contributed by atoms with E-state index in [1.54, 1.807) is 7.11 Å². The first-order chi connectivity index (χ1) is 10.0. The average Bonchev–Trinajstić information content (AvgIpc) is 2.41. The van der Waals surface area contributed by atoms with E-state index in [0.29, 0.717) is 13.2 Å². The van der Waals surface area contributed by atoms with Crippen molar-refractivity contribution in [3.63, 3.8) is 0 Å². The summed E-state index contributed by atoms with van der Waals surface area (Å²) in [7, 11) is 1.66. The normalized spacial score (nSPS) is 13.8. The molecular weight excluding hydrogens is 278 g/mol. The molecule has 0 aliphatic carbocycles. The van der Waals surface area contributed by atoms with E-state index in [1.807, 2.05) is 18.2 Å². The Labute approximate surface area is 134 Å². The van der Waals surface area contributed by atoms with E-state index in [1.165, 1.54) is 0 Å². The maximum atomic E-state index is 10.1. The molecule has 0 aliphatic rings. The van der Waals surface area contributed by atoms with Crippen molar-refractivity contribution >= 4 is 0 Å². The van der Waals surface area contributed by atoms with Crippen molar-refractivity contribution in [3.8, 4) is 11.5 Å². The monoisotopic (exact) mass is 310 g/mol. The van der Waals surface area contributed by atoms with Gasteiger partial charge in [0.15, 0.2) is 0 Å². The van der Waals surface area contributed by atoms with Crippen LogP contribution < -0.4 is 14.8 Å². The van der Waals surface area contributed by atoms with Gasteiger partial charge in [0, 0.05) is 5.56 Å². The Morgan fingerprint density at radius 3 is 2.27 bits per heavy atom. The van der Waals surface area contributed by atoms with Crippen LogP contribution in [-0.4, -0.2) is 37.0 Å². The molecular formula is C18H32NO3+. The summed E-state index contributed by atoms with van der Waals surface area (Å²) >= 11 is 0. The summed E-state index contributed by atoms with van der Waals surface area (Å²) < 4.78 is 11.2. The highest BCUT2D eigenvalue weighted by Crippen LogP contribution is 2.34. The number of hydrogen-bond donors (Lipinski definition) is 2. The van der Waals surface area contributed by atoms with Crippen molar-refractivity contribution in [3.05, 3.63) is 23.8 Å². The van der Waals surface area contributed by atoms with E-state index < -0.39 is 6.10 Å². The largest absolute Gasteiger partial charge is 0.497 e. The van der Waals surface area contributed by atoms with Crippen LogP contribution in [0.25, 0.3) is 0 Å². The number of hydrogen-bond acceptors (Lipinski definition) is 3. The number of aliphatic hydroxyl groups is 1. The molecule has 0 heterocycles. The van der Waals surface area contributed by atoms with Crippen LogP contribution in [0.2, 0.25) is 0 Å². The number of benzene rings is 1. The Balaban J connectivity index is 2.73. The topological polar surface area (TPSA) is 55.3 Å². The van der Waals surface area contributed by atoms with Crippen LogP contribution in [0, 0.1) is 0 Å². The molecule has 0 fully saturated rings. The molecule has 4 heteroatoms. The summed E-state index contributed by atoms with van der Waals surface area (Å²) in [4.78, 5) is 0. The van der Waals surface area contributed by atoms with E-state index in [-0.39, 0.29) is 11.0 Å². The van der Waals surface area contributed by atoms with Gasteiger partial charge in [-0.1, -0.05) is 20.8 Å². The van der Waals surface area contributed by atoms with E-state index >= 15 is 0 Å². The molecule has 1 aromatic rings. The van der Waals surface area contributed by atoms with Crippen LogP contribution in [0.15, 0.2) is 18.2 Å². The first kappa shape index (κ1) is 18.8. The first-order valence-electron chi connectivity index (χ1n) is 7.86. The van der Waals surface area contributed by atoms with Crippen molar-refractivity contribution in [1.82, 2.24) is 0 Å². The van der Waals surface area contributed by atoms with Crippen LogP contribution >= 0.6 is 0 Å². The third-order valence-corrected chi connectivity index (χ3v) is 3.43. The van der Waals surface area contributed by atoms with Gasteiger partial charge in [-0.25, -0.2) is 0 Å². The van der Waals surface area contributed by atoms with Gasteiger partial charge in [0.2, 0.25) is 0 Å². The van der Waals surface area contributed by atoms with Gasteiger partial charge in [0.05, 0.1) is 12.6 Å². The van der Waals surface area contributed by atoms with Crippen LogP contribution in [0.3, 0.4) is 0 Å². The van der Waals surface area contributed by atoms with Gasteiger partial charge in [-0.15, -0.1) is 0 Å². The molecule has 0 spiro atoms. The van der Waals surface area contributed by atoms with Crippen molar-refractivity contribution < 1.29 is 19.9 Å². The maximum Gasteiger partial charge on any atom is 0.137 e. The molecule has 1 rings (SSSR count). The molecule has 0 saturated heterocycles. The molecule has 0 aliphatic heterocycles. The number of nitrogens with two attached hydrogens (primary N) is 1. The zero-order valence-electron chi connectivity index (χ0n) is 15.1. The second-order valence-corrected chi connectivity index (χ2v) is 7.88. The van der Waals surface area contributed by atoms with E-state index in [9.17, 15) is 5.11 Å². The molecule has 0 aromatic heterocycles. The minimum absolute atomic E-state index is 0.0492. The fraction of sp³-hybridized carbons (Fsp3) is 0.667. The predicted molar refractivity (Wildman–Crippen MR) is 89.7 cm³/mol. The fourth-order valence-electron chi connectivity index (χ4n) is 2.09. The van der Waals surface area contributed by atoms with Gasteiger partial charge in [-0.05, 0) is 44.4 Å². The number of ether oxygens (including phenoxy) is 2. The quantitative estimate of drug-likeness (QED) is 0.846. The second-order valence-electron chi connectivity index (χ2n) is 7.88. The molecule has 0 bridgehead atoms.